The maximum atomic E-state index is 5.95. The molecular weight excluding hydrogens is 294 g/mol. The van der Waals surface area contributed by atoms with Gasteiger partial charge in [-0.1, -0.05) is 60.7 Å². The van der Waals surface area contributed by atoms with E-state index in [2.05, 4.69) is 47.5 Å². The van der Waals surface area contributed by atoms with Crippen LogP contribution in [0.3, 0.4) is 0 Å². The van der Waals surface area contributed by atoms with Crippen molar-refractivity contribution in [3.05, 3.63) is 96.1 Å². The Balaban J connectivity index is 1.76. The van der Waals surface area contributed by atoms with Gasteiger partial charge in [-0.15, -0.1) is 0 Å². The molecule has 3 aromatic carbocycles. The number of nitrogens with two attached hydrogens (primary N) is 1. The minimum atomic E-state index is 0.199. The summed E-state index contributed by atoms with van der Waals surface area (Å²) in [5.41, 5.74) is 11.2. The molecule has 0 saturated carbocycles. The first-order valence-electron chi connectivity index (χ1n) is 8.14. The maximum absolute atomic E-state index is 5.95. The molecule has 0 aliphatic carbocycles. The molecule has 3 nitrogen and oxygen atoms in total. The van der Waals surface area contributed by atoms with Crippen molar-refractivity contribution in [2.45, 2.75) is 12.5 Å². The summed E-state index contributed by atoms with van der Waals surface area (Å²) in [5.74, 6) is 0. The van der Waals surface area contributed by atoms with Crippen LogP contribution in [0.15, 0.2) is 90.0 Å². The highest BCUT2D eigenvalue weighted by Crippen LogP contribution is 2.36. The highest BCUT2D eigenvalue weighted by molar-refractivity contribution is 6.03. The highest BCUT2D eigenvalue weighted by Gasteiger charge is 2.29. The summed E-state index contributed by atoms with van der Waals surface area (Å²) in [5, 5.41) is 7.04. The van der Waals surface area contributed by atoms with Gasteiger partial charge in [-0.05, 0) is 35.4 Å². The molecule has 0 radical (unpaired) electrons. The Morgan fingerprint density at radius 1 is 0.833 bits per heavy atom. The van der Waals surface area contributed by atoms with Gasteiger partial charge >= 0.3 is 0 Å². The van der Waals surface area contributed by atoms with Crippen LogP contribution in [0.2, 0.25) is 0 Å². The molecule has 0 saturated heterocycles. The number of rotatable bonds is 3. The minimum absolute atomic E-state index is 0.199. The summed E-state index contributed by atoms with van der Waals surface area (Å²) in [6.45, 7) is 0. The van der Waals surface area contributed by atoms with Crippen LogP contribution < -0.4 is 10.7 Å². The fraction of sp³-hybridized carbons (Fsp3) is 0.0952. The molecule has 1 atom stereocenters. The molecule has 0 spiro atoms. The fourth-order valence-electron chi connectivity index (χ4n) is 3.16. The van der Waals surface area contributed by atoms with Crippen molar-refractivity contribution in [1.29, 1.82) is 0 Å². The molecule has 1 heterocycles. The van der Waals surface area contributed by atoms with Crippen LogP contribution >= 0.6 is 0 Å². The summed E-state index contributed by atoms with van der Waals surface area (Å²) in [6.07, 6.45) is 0.863. The molecule has 0 aromatic heterocycles. The van der Waals surface area contributed by atoms with Gasteiger partial charge in [0, 0.05) is 12.1 Å². The number of nitrogen functional groups attached to an aromatic ring is 1. The van der Waals surface area contributed by atoms with Crippen LogP contribution in [0.5, 0.6) is 0 Å². The van der Waals surface area contributed by atoms with E-state index in [1.54, 1.807) is 0 Å². The quantitative estimate of drug-likeness (QED) is 0.717. The Hall–Kier alpha value is -3.07. The van der Waals surface area contributed by atoms with Gasteiger partial charge in [-0.3, -0.25) is 5.01 Å². The molecule has 1 unspecified atom stereocenters. The second kappa shape index (κ2) is 6.20. The minimum Gasteiger partial charge on any atom is -0.399 e. The van der Waals surface area contributed by atoms with E-state index < -0.39 is 0 Å². The normalized spacial score (nSPS) is 16.9. The van der Waals surface area contributed by atoms with Crippen LogP contribution in [0.25, 0.3) is 0 Å². The van der Waals surface area contributed by atoms with Gasteiger partial charge in [-0.25, -0.2) is 0 Å². The monoisotopic (exact) mass is 313 g/mol. The number of para-hydroxylation sites is 1. The van der Waals surface area contributed by atoms with Crippen LogP contribution in [0.1, 0.15) is 23.6 Å². The van der Waals surface area contributed by atoms with E-state index in [4.69, 9.17) is 10.8 Å². The largest absolute Gasteiger partial charge is 0.399 e. The Bertz CT molecular complexity index is 857. The maximum Gasteiger partial charge on any atom is 0.0831 e. The lowest BCUT2D eigenvalue weighted by molar-refractivity contribution is 0.709. The van der Waals surface area contributed by atoms with E-state index in [9.17, 15) is 0 Å². The van der Waals surface area contributed by atoms with Gasteiger partial charge < -0.3 is 5.73 Å². The van der Waals surface area contributed by atoms with Crippen molar-refractivity contribution in [3.8, 4) is 0 Å². The molecule has 1 aliphatic heterocycles. The van der Waals surface area contributed by atoms with Gasteiger partial charge in [-0.2, -0.15) is 5.10 Å². The number of nitrogens with zero attached hydrogens (tertiary/aromatic N) is 2. The first-order chi connectivity index (χ1) is 11.8. The summed E-state index contributed by atoms with van der Waals surface area (Å²) < 4.78 is 0. The molecule has 2 N–H and O–H groups in total. The van der Waals surface area contributed by atoms with Crippen molar-refractivity contribution < 1.29 is 0 Å². The molecular formula is C21H19N3. The lowest BCUT2D eigenvalue weighted by atomic mass is 9.98. The summed E-state index contributed by atoms with van der Waals surface area (Å²) in [4.78, 5) is 0. The molecule has 0 bridgehead atoms. The average Bonchev–Trinajstić information content (AvgIpc) is 3.09. The second-order valence-corrected chi connectivity index (χ2v) is 5.98. The van der Waals surface area contributed by atoms with Gasteiger partial charge in [0.2, 0.25) is 0 Å². The van der Waals surface area contributed by atoms with E-state index in [0.717, 1.165) is 29.1 Å². The third kappa shape index (κ3) is 2.76. The lowest BCUT2D eigenvalue weighted by Gasteiger charge is -2.23. The average molecular weight is 313 g/mol. The Morgan fingerprint density at radius 2 is 1.54 bits per heavy atom. The SMILES string of the molecule is Nc1cccc(C2=NN(c3ccccc3)C(c3ccccc3)C2)c1. The first kappa shape index (κ1) is 14.5. The second-order valence-electron chi connectivity index (χ2n) is 5.98. The number of hydrogen-bond donors (Lipinski definition) is 1. The molecule has 0 fully saturated rings. The molecule has 24 heavy (non-hydrogen) atoms. The number of anilines is 2. The van der Waals surface area contributed by atoms with E-state index in [-0.39, 0.29) is 6.04 Å². The summed E-state index contributed by atoms with van der Waals surface area (Å²) >= 11 is 0. The van der Waals surface area contributed by atoms with E-state index in [0.29, 0.717) is 0 Å². The Kier molecular flexibility index (Phi) is 3.75. The molecule has 4 rings (SSSR count). The molecule has 1 aliphatic rings. The zero-order valence-corrected chi connectivity index (χ0v) is 13.3. The van der Waals surface area contributed by atoms with Gasteiger partial charge in [0.1, 0.15) is 0 Å². The smallest absolute Gasteiger partial charge is 0.0831 e. The Morgan fingerprint density at radius 3 is 2.25 bits per heavy atom. The van der Waals surface area contributed by atoms with Crippen LogP contribution in [-0.4, -0.2) is 5.71 Å². The predicted molar refractivity (Wildman–Crippen MR) is 100 cm³/mol. The highest BCUT2D eigenvalue weighted by atomic mass is 15.5. The number of hydrogen-bond acceptors (Lipinski definition) is 3. The summed E-state index contributed by atoms with van der Waals surface area (Å²) in [6, 6.07) is 29.0. The van der Waals surface area contributed by atoms with Crippen LogP contribution in [-0.2, 0) is 0 Å². The lowest BCUT2D eigenvalue weighted by Crippen LogP contribution is -2.18. The van der Waals surface area contributed by atoms with E-state index in [1.165, 1.54) is 5.56 Å². The van der Waals surface area contributed by atoms with Crippen molar-refractivity contribution in [1.82, 2.24) is 0 Å². The molecule has 0 amide bonds. The van der Waals surface area contributed by atoms with Gasteiger partial charge in [0.15, 0.2) is 0 Å². The Labute approximate surface area is 142 Å². The third-order valence-electron chi connectivity index (χ3n) is 4.34. The van der Waals surface area contributed by atoms with E-state index in [1.807, 2.05) is 42.5 Å². The zero-order chi connectivity index (χ0) is 16.4. The van der Waals surface area contributed by atoms with Crippen molar-refractivity contribution in [2.24, 2.45) is 5.10 Å². The van der Waals surface area contributed by atoms with Gasteiger partial charge in [0.05, 0.1) is 17.4 Å². The fourth-order valence-corrected chi connectivity index (χ4v) is 3.16. The predicted octanol–water partition coefficient (Wildman–Crippen LogP) is 4.62. The number of benzene rings is 3. The van der Waals surface area contributed by atoms with Crippen molar-refractivity contribution in [3.63, 3.8) is 0 Å². The van der Waals surface area contributed by atoms with Crippen molar-refractivity contribution >= 4 is 17.1 Å². The topological polar surface area (TPSA) is 41.6 Å². The number of hydrazone groups is 1. The first-order valence-corrected chi connectivity index (χ1v) is 8.14. The zero-order valence-electron chi connectivity index (χ0n) is 13.3. The van der Waals surface area contributed by atoms with Crippen LogP contribution in [0, 0.1) is 0 Å². The molecule has 3 heteroatoms. The van der Waals surface area contributed by atoms with Crippen LogP contribution in [0.4, 0.5) is 11.4 Å². The molecule has 118 valence electrons. The van der Waals surface area contributed by atoms with Gasteiger partial charge in [0.25, 0.3) is 0 Å². The van der Waals surface area contributed by atoms with E-state index >= 15 is 0 Å². The molecule has 3 aromatic rings. The van der Waals surface area contributed by atoms with Crippen molar-refractivity contribution in [2.75, 3.05) is 10.7 Å². The standard InChI is InChI=1S/C21H19N3/c22-18-11-7-10-17(14-18)20-15-21(16-8-3-1-4-9-16)24(23-20)19-12-5-2-6-13-19/h1-14,21H,15,22H2. The summed E-state index contributed by atoms with van der Waals surface area (Å²) in [7, 11) is 0. The third-order valence-corrected chi connectivity index (χ3v) is 4.34.